The summed E-state index contributed by atoms with van der Waals surface area (Å²) in [5.41, 5.74) is 4.26. The maximum absolute atomic E-state index is 12.5. The predicted octanol–water partition coefficient (Wildman–Crippen LogP) is 2.61. The van der Waals surface area contributed by atoms with E-state index in [1.165, 1.54) is 11.1 Å². The highest BCUT2D eigenvalue weighted by Gasteiger charge is 2.16. The van der Waals surface area contributed by atoms with Gasteiger partial charge in [-0.1, -0.05) is 24.3 Å². The number of anilines is 1. The summed E-state index contributed by atoms with van der Waals surface area (Å²) in [6.07, 6.45) is 0.992. The molecule has 20 heavy (non-hydrogen) atoms. The van der Waals surface area contributed by atoms with Gasteiger partial charge in [0.05, 0.1) is 0 Å². The van der Waals surface area contributed by atoms with Gasteiger partial charge in [0.15, 0.2) is 0 Å². The van der Waals surface area contributed by atoms with Crippen molar-refractivity contribution in [2.45, 2.75) is 13.0 Å². The third-order valence-electron chi connectivity index (χ3n) is 3.79. The third-order valence-corrected chi connectivity index (χ3v) is 3.79. The normalized spacial score (nSPS) is 13.7. The monoisotopic (exact) mass is 266 g/mol. The van der Waals surface area contributed by atoms with Gasteiger partial charge in [-0.3, -0.25) is 4.79 Å². The molecule has 3 rings (SSSR count). The number of benzene rings is 2. The summed E-state index contributed by atoms with van der Waals surface area (Å²) < 4.78 is 0. The van der Waals surface area contributed by atoms with Gasteiger partial charge in [-0.05, 0) is 48.4 Å². The topological polar surface area (TPSA) is 32.3 Å². The maximum Gasteiger partial charge on any atom is 0.258 e. The van der Waals surface area contributed by atoms with Gasteiger partial charge in [0.2, 0.25) is 0 Å². The number of rotatable bonds is 2. The van der Waals surface area contributed by atoms with Gasteiger partial charge in [-0.2, -0.15) is 0 Å². The molecule has 3 nitrogen and oxygen atoms in total. The Morgan fingerprint density at radius 2 is 1.90 bits per heavy atom. The average molecular weight is 266 g/mol. The van der Waals surface area contributed by atoms with E-state index in [-0.39, 0.29) is 5.91 Å². The minimum absolute atomic E-state index is 0.0394. The number of carbonyl (C=O) groups excluding carboxylic acids is 1. The second kappa shape index (κ2) is 5.47. The molecule has 1 amide bonds. The van der Waals surface area contributed by atoms with E-state index in [0.717, 1.165) is 30.8 Å². The van der Waals surface area contributed by atoms with Gasteiger partial charge in [0.1, 0.15) is 0 Å². The summed E-state index contributed by atoms with van der Waals surface area (Å²) in [4.78, 5) is 14.2. The molecule has 0 saturated heterocycles. The molecule has 102 valence electrons. The van der Waals surface area contributed by atoms with Crippen LogP contribution in [0.2, 0.25) is 0 Å². The lowest BCUT2D eigenvalue weighted by atomic mass is 9.98. The molecule has 2 aromatic rings. The second-order valence-corrected chi connectivity index (χ2v) is 5.11. The van der Waals surface area contributed by atoms with Gasteiger partial charge >= 0.3 is 0 Å². The Morgan fingerprint density at radius 1 is 1.10 bits per heavy atom. The van der Waals surface area contributed by atoms with E-state index in [2.05, 4.69) is 11.4 Å². The zero-order valence-electron chi connectivity index (χ0n) is 11.6. The summed E-state index contributed by atoms with van der Waals surface area (Å²) >= 11 is 0. The van der Waals surface area contributed by atoms with Gasteiger partial charge in [-0.25, -0.2) is 0 Å². The summed E-state index contributed by atoms with van der Waals surface area (Å²) in [6.45, 7) is 1.89. The van der Waals surface area contributed by atoms with Crippen LogP contribution in [0.15, 0.2) is 48.5 Å². The second-order valence-electron chi connectivity index (χ2n) is 5.11. The van der Waals surface area contributed by atoms with Crippen LogP contribution in [0, 0.1) is 0 Å². The van der Waals surface area contributed by atoms with E-state index < -0.39 is 0 Å². The summed E-state index contributed by atoms with van der Waals surface area (Å²) in [5, 5.41) is 3.34. The fraction of sp³-hybridized carbons (Fsp3) is 0.235. The number of hydrogen-bond donors (Lipinski definition) is 1. The molecule has 0 aliphatic carbocycles. The third kappa shape index (κ3) is 2.45. The molecule has 0 unspecified atom stereocenters. The van der Waals surface area contributed by atoms with Crippen LogP contribution in [0.1, 0.15) is 21.5 Å². The van der Waals surface area contributed by atoms with Crippen LogP contribution < -0.4 is 10.2 Å². The van der Waals surface area contributed by atoms with Gasteiger partial charge in [0, 0.05) is 24.8 Å². The van der Waals surface area contributed by atoms with Gasteiger partial charge in [0.25, 0.3) is 5.91 Å². The summed E-state index contributed by atoms with van der Waals surface area (Å²) in [7, 11) is 1.82. The van der Waals surface area contributed by atoms with Crippen LogP contribution in [0.25, 0.3) is 0 Å². The molecular weight excluding hydrogens is 248 g/mol. The number of nitrogens with zero attached hydrogens (tertiary/aromatic N) is 1. The highest BCUT2D eigenvalue weighted by Crippen LogP contribution is 2.19. The summed E-state index contributed by atoms with van der Waals surface area (Å²) in [6, 6.07) is 15.8. The molecule has 0 saturated carbocycles. The van der Waals surface area contributed by atoms with Crippen LogP contribution in [0.3, 0.4) is 0 Å². The molecule has 0 atom stereocenters. The molecule has 2 aromatic carbocycles. The number of carbonyl (C=O) groups is 1. The Balaban J connectivity index is 1.87. The van der Waals surface area contributed by atoms with Crippen LogP contribution >= 0.6 is 0 Å². The van der Waals surface area contributed by atoms with Crippen molar-refractivity contribution in [3.8, 4) is 0 Å². The van der Waals surface area contributed by atoms with E-state index in [4.69, 9.17) is 0 Å². The first-order valence-electron chi connectivity index (χ1n) is 6.91. The van der Waals surface area contributed by atoms with E-state index in [9.17, 15) is 4.79 Å². The lowest BCUT2D eigenvalue weighted by molar-refractivity contribution is 0.0993. The Bertz CT molecular complexity index is 622. The SMILES string of the molecule is CN(C(=O)c1ccc2c(c1)CCNC2)c1ccccc1. The Labute approximate surface area is 119 Å². The van der Waals surface area contributed by atoms with E-state index in [0.29, 0.717) is 0 Å². The molecule has 0 radical (unpaired) electrons. The molecule has 3 heteroatoms. The van der Waals surface area contributed by atoms with Gasteiger partial charge in [-0.15, -0.1) is 0 Å². The fourth-order valence-corrected chi connectivity index (χ4v) is 2.57. The van der Waals surface area contributed by atoms with Crippen molar-refractivity contribution in [3.05, 3.63) is 65.2 Å². The van der Waals surface area contributed by atoms with Crippen molar-refractivity contribution in [3.63, 3.8) is 0 Å². The zero-order valence-corrected chi connectivity index (χ0v) is 11.6. The van der Waals surface area contributed by atoms with Crippen molar-refractivity contribution in [1.29, 1.82) is 0 Å². The van der Waals surface area contributed by atoms with E-state index >= 15 is 0 Å². The largest absolute Gasteiger partial charge is 0.312 e. The molecule has 1 N–H and O–H groups in total. The van der Waals surface area contributed by atoms with Crippen molar-refractivity contribution in [1.82, 2.24) is 5.32 Å². The van der Waals surface area contributed by atoms with Gasteiger partial charge < -0.3 is 10.2 Å². The quantitative estimate of drug-likeness (QED) is 0.906. The molecule has 1 aliphatic rings. The first-order chi connectivity index (χ1) is 9.75. The molecule has 0 fully saturated rings. The highest BCUT2D eigenvalue weighted by atomic mass is 16.2. The maximum atomic E-state index is 12.5. The van der Waals surface area contributed by atoms with Crippen molar-refractivity contribution in [2.75, 3.05) is 18.5 Å². The Hall–Kier alpha value is -2.13. The van der Waals surface area contributed by atoms with Crippen LogP contribution in [-0.4, -0.2) is 19.5 Å². The average Bonchev–Trinajstić information content (AvgIpc) is 2.54. The Morgan fingerprint density at radius 3 is 2.70 bits per heavy atom. The minimum Gasteiger partial charge on any atom is -0.312 e. The first-order valence-corrected chi connectivity index (χ1v) is 6.91. The van der Waals surface area contributed by atoms with E-state index in [1.54, 1.807) is 4.90 Å². The van der Waals surface area contributed by atoms with Crippen LogP contribution in [-0.2, 0) is 13.0 Å². The lowest BCUT2D eigenvalue weighted by Crippen LogP contribution is -2.27. The molecule has 0 aromatic heterocycles. The number of fused-ring (bicyclic) bond motifs is 1. The number of amides is 1. The first kappa shape index (κ1) is 12.9. The lowest BCUT2D eigenvalue weighted by Gasteiger charge is -2.20. The molecule has 0 spiro atoms. The van der Waals surface area contributed by atoms with Crippen molar-refractivity contribution in [2.24, 2.45) is 0 Å². The van der Waals surface area contributed by atoms with Crippen LogP contribution in [0.5, 0.6) is 0 Å². The van der Waals surface area contributed by atoms with E-state index in [1.807, 2.05) is 49.5 Å². The predicted molar refractivity (Wildman–Crippen MR) is 81.0 cm³/mol. The van der Waals surface area contributed by atoms with Crippen molar-refractivity contribution >= 4 is 11.6 Å². The molecule has 1 aliphatic heterocycles. The smallest absolute Gasteiger partial charge is 0.258 e. The number of nitrogens with one attached hydrogen (secondary N) is 1. The Kier molecular flexibility index (Phi) is 3.52. The molecule has 0 bridgehead atoms. The number of para-hydroxylation sites is 1. The fourth-order valence-electron chi connectivity index (χ4n) is 2.57. The summed E-state index contributed by atoms with van der Waals surface area (Å²) in [5.74, 6) is 0.0394. The zero-order chi connectivity index (χ0) is 13.9. The molecular formula is C17H18N2O. The highest BCUT2D eigenvalue weighted by molar-refractivity contribution is 6.05. The standard InChI is InChI=1S/C17H18N2O/c1-19(16-5-3-2-4-6-16)17(20)14-7-8-15-12-18-10-9-13(15)11-14/h2-8,11,18H,9-10,12H2,1H3. The molecule has 1 heterocycles. The van der Waals surface area contributed by atoms with Crippen LogP contribution in [0.4, 0.5) is 5.69 Å². The minimum atomic E-state index is 0.0394. The number of hydrogen-bond acceptors (Lipinski definition) is 2. The van der Waals surface area contributed by atoms with Crippen molar-refractivity contribution < 1.29 is 4.79 Å².